The monoisotopic (exact) mass is 306 g/mol. The molecule has 0 aliphatic carbocycles. The lowest BCUT2D eigenvalue weighted by Gasteiger charge is -2.33. The molecule has 2 rings (SSSR count). The fourth-order valence-corrected chi connectivity index (χ4v) is 2.72. The average molecular weight is 307 g/mol. The van der Waals surface area contributed by atoms with E-state index < -0.39 is 0 Å². The van der Waals surface area contributed by atoms with Crippen LogP contribution in [0.2, 0.25) is 5.02 Å². The molecule has 1 aliphatic heterocycles. The van der Waals surface area contributed by atoms with Crippen LogP contribution in [0, 0.1) is 0 Å². The predicted octanol–water partition coefficient (Wildman–Crippen LogP) is 3.39. The quantitative estimate of drug-likeness (QED) is 0.865. The molecule has 1 heterocycles. The van der Waals surface area contributed by atoms with E-state index in [9.17, 15) is 4.79 Å². The maximum absolute atomic E-state index is 11.9. The molecule has 1 saturated heterocycles. The van der Waals surface area contributed by atoms with E-state index in [0.717, 1.165) is 43.1 Å². The number of carbonyl (C=O) groups is 1. The van der Waals surface area contributed by atoms with Crippen LogP contribution in [-0.4, -0.2) is 29.9 Å². The molecule has 1 amide bonds. The summed E-state index contributed by atoms with van der Waals surface area (Å²) < 4.78 is 0. The highest BCUT2D eigenvalue weighted by Crippen LogP contribution is 2.16. The molecule has 0 aromatic heterocycles. The van der Waals surface area contributed by atoms with Crippen molar-refractivity contribution in [2.45, 2.75) is 39.3 Å². The first-order valence-corrected chi connectivity index (χ1v) is 7.87. The zero-order valence-corrected chi connectivity index (χ0v) is 13.5. The van der Waals surface area contributed by atoms with Gasteiger partial charge < -0.3 is 5.32 Å². The zero-order valence-electron chi connectivity index (χ0n) is 12.7. The normalized spacial score (nSPS) is 20.3. The number of nitrogens with one attached hydrogen (secondary N) is 1. The van der Waals surface area contributed by atoms with Gasteiger partial charge in [0.1, 0.15) is 0 Å². The Morgan fingerprint density at radius 2 is 2.14 bits per heavy atom. The van der Waals surface area contributed by atoms with Gasteiger partial charge in [0.25, 0.3) is 0 Å². The van der Waals surface area contributed by atoms with Gasteiger partial charge in [-0.25, -0.2) is 0 Å². The highest BCUT2D eigenvalue weighted by Gasteiger charge is 2.21. The van der Waals surface area contributed by atoms with Gasteiger partial charge in [-0.15, -0.1) is 0 Å². The lowest BCUT2D eigenvalue weighted by Crippen LogP contribution is -2.47. The number of hydrogen-bond acceptors (Lipinski definition) is 2. The van der Waals surface area contributed by atoms with Gasteiger partial charge in [-0.05, 0) is 50.9 Å². The Kier molecular flexibility index (Phi) is 5.83. The van der Waals surface area contributed by atoms with Crippen LogP contribution in [0.25, 0.3) is 0 Å². The Morgan fingerprint density at radius 1 is 1.43 bits per heavy atom. The summed E-state index contributed by atoms with van der Waals surface area (Å²) in [5.41, 5.74) is 2.04. The van der Waals surface area contributed by atoms with Crippen LogP contribution in [0.1, 0.15) is 32.3 Å². The van der Waals surface area contributed by atoms with Crippen molar-refractivity contribution < 1.29 is 4.79 Å². The summed E-state index contributed by atoms with van der Waals surface area (Å²) in [6.45, 7) is 6.64. The van der Waals surface area contributed by atoms with Gasteiger partial charge in [-0.2, -0.15) is 0 Å². The molecule has 0 radical (unpaired) electrons. The van der Waals surface area contributed by atoms with E-state index in [-0.39, 0.29) is 11.9 Å². The maximum Gasteiger partial charge on any atom is 0.246 e. The van der Waals surface area contributed by atoms with E-state index in [0.29, 0.717) is 0 Å². The van der Waals surface area contributed by atoms with Crippen molar-refractivity contribution in [3.8, 4) is 0 Å². The molecule has 1 atom stereocenters. The van der Waals surface area contributed by atoms with Crippen LogP contribution in [0.15, 0.2) is 35.9 Å². The first kappa shape index (κ1) is 16.1. The molecule has 1 aliphatic rings. The highest BCUT2D eigenvalue weighted by atomic mass is 35.5. The topological polar surface area (TPSA) is 32.3 Å². The van der Waals surface area contributed by atoms with Crippen LogP contribution in [0.3, 0.4) is 0 Å². The van der Waals surface area contributed by atoms with Crippen LogP contribution >= 0.6 is 11.6 Å². The van der Waals surface area contributed by atoms with Gasteiger partial charge in [-0.3, -0.25) is 9.69 Å². The lowest BCUT2D eigenvalue weighted by atomic mass is 10.0. The van der Waals surface area contributed by atoms with Gasteiger partial charge in [0, 0.05) is 29.7 Å². The number of nitrogens with zero attached hydrogens (tertiary/aromatic N) is 1. The Hall–Kier alpha value is -1.32. The fourth-order valence-electron chi connectivity index (χ4n) is 2.60. The van der Waals surface area contributed by atoms with Gasteiger partial charge in [0.15, 0.2) is 0 Å². The smallest absolute Gasteiger partial charge is 0.246 e. The summed E-state index contributed by atoms with van der Waals surface area (Å²) in [6, 6.07) is 8.22. The first-order valence-electron chi connectivity index (χ1n) is 7.49. The lowest BCUT2D eigenvalue weighted by molar-refractivity contribution is -0.118. The SMILES string of the molecule is C/C=C(\C)C(=O)NC1CCCN(Cc2ccc(Cl)cc2)C1. The molecular weight excluding hydrogens is 284 g/mol. The molecule has 3 nitrogen and oxygen atoms in total. The van der Waals surface area contributed by atoms with Crippen molar-refractivity contribution in [1.29, 1.82) is 0 Å². The zero-order chi connectivity index (χ0) is 15.2. The number of rotatable bonds is 4. The van der Waals surface area contributed by atoms with Crippen molar-refractivity contribution in [3.05, 3.63) is 46.5 Å². The first-order chi connectivity index (χ1) is 10.1. The Morgan fingerprint density at radius 3 is 2.81 bits per heavy atom. The van der Waals surface area contributed by atoms with E-state index in [1.807, 2.05) is 32.1 Å². The third kappa shape index (κ3) is 4.87. The van der Waals surface area contributed by atoms with E-state index in [2.05, 4.69) is 22.3 Å². The third-order valence-corrected chi connectivity index (χ3v) is 4.20. The molecule has 1 unspecified atom stereocenters. The van der Waals surface area contributed by atoms with Crippen molar-refractivity contribution in [3.63, 3.8) is 0 Å². The second kappa shape index (κ2) is 7.62. The number of halogens is 1. The number of likely N-dealkylation sites (tertiary alicyclic amines) is 1. The second-order valence-corrected chi connectivity index (χ2v) is 6.08. The standard InChI is InChI=1S/C17H23ClN2O/c1-3-13(2)17(21)19-16-5-4-10-20(12-16)11-14-6-8-15(18)9-7-14/h3,6-9,16H,4-5,10-12H2,1-2H3,(H,19,21)/b13-3+. The Bertz CT molecular complexity index is 510. The molecule has 0 spiro atoms. The van der Waals surface area contributed by atoms with Crippen molar-refractivity contribution >= 4 is 17.5 Å². The van der Waals surface area contributed by atoms with E-state index >= 15 is 0 Å². The van der Waals surface area contributed by atoms with Crippen molar-refractivity contribution in [2.24, 2.45) is 0 Å². The predicted molar refractivity (Wildman–Crippen MR) is 87.3 cm³/mol. The summed E-state index contributed by atoms with van der Waals surface area (Å²) >= 11 is 5.91. The van der Waals surface area contributed by atoms with Gasteiger partial charge in [0.05, 0.1) is 0 Å². The molecule has 4 heteroatoms. The molecule has 21 heavy (non-hydrogen) atoms. The minimum atomic E-state index is 0.0517. The summed E-state index contributed by atoms with van der Waals surface area (Å²) in [7, 11) is 0. The van der Waals surface area contributed by atoms with Crippen LogP contribution in [-0.2, 0) is 11.3 Å². The Balaban J connectivity index is 1.88. The number of amides is 1. The largest absolute Gasteiger partial charge is 0.348 e. The van der Waals surface area contributed by atoms with E-state index in [4.69, 9.17) is 11.6 Å². The molecule has 1 fully saturated rings. The van der Waals surface area contributed by atoms with Gasteiger partial charge in [-0.1, -0.05) is 29.8 Å². The second-order valence-electron chi connectivity index (χ2n) is 5.65. The molecular formula is C17H23ClN2O. The number of carbonyl (C=O) groups excluding carboxylic acids is 1. The van der Waals surface area contributed by atoms with E-state index in [1.165, 1.54) is 5.56 Å². The Labute approximate surface area is 132 Å². The summed E-state index contributed by atoms with van der Waals surface area (Å²) in [6.07, 6.45) is 4.02. The minimum absolute atomic E-state index is 0.0517. The number of hydrogen-bond donors (Lipinski definition) is 1. The fraction of sp³-hybridized carbons (Fsp3) is 0.471. The average Bonchev–Trinajstić information content (AvgIpc) is 2.49. The molecule has 114 valence electrons. The molecule has 1 aromatic carbocycles. The molecule has 0 saturated carbocycles. The molecule has 1 N–H and O–H groups in total. The van der Waals surface area contributed by atoms with Crippen molar-refractivity contribution in [2.75, 3.05) is 13.1 Å². The summed E-state index contributed by atoms with van der Waals surface area (Å²) in [5.74, 6) is 0.0517. The highest BCUT2D eigenvalue weighted by molar-refractivity contribution is 6.30. The maximum atomic E-state index is 11.9. The molecule has 0 bridgehead atoms. The molecule has 1 aromatic rings. The van der Waals surface area contributed by atoms with Crippen LogP contribution in [0.4, 0.5) is 0 Å². The summed E-state index contributed by atoms with van der Waals surface area (Å²) in [4.78, 5) is 14.3. The number of benzene rings is 1. The van der Waals surface area contributed by atoms with Crippen LogP contribution < -0.4 is 5.32 Å². The van der Waals surface area contributed by atoms with Crippen molar-refractivity contribution in [1.82, 2.24) is 10.2 Å². The van der Waals surface area contributed by atoms with Gasteiger partial charge >= 0.3 is 0 Å². The number of allylic oxidation sites excluding steroid dienone is 1. The third-order valence-electron chi connectivity index (χ3n) is 3.95. The van der Waals surface area contributed by atoms with Crippen LogP contribution in [0.5, 0.6) is 0 Å². The van der Waals surface area contributed by atoms with Gasteiger partial charge in [0.2, 0.25) is 5.91 Å². The minimum Gasteiger partial charge on any atom is -0.348 e. The van der Waals surface area contributed by atoms with E-state index in [1.54, 1.807) is 0 Å². The summed E-state index contributed by atoms with van der Waals surface area (Å²) in [5, 5.41) is 3.89. The number of piperidine rings is 1.